The largest absolute Gasteiger partial charge is 0.469 e. The van der Waals surface area contributed by atoms with Gasteiger partial charge in [0.25, 0.3) is 0 Å². The molecule has 9 unspecified atom stereocenters. The molecule has 196 valence electrons. The van der Waals surface area contributed by atoms with Crippen LogP contribution in [0.2, 0.25) is 0 Å². The number of methoxy groups -OCH3 is 1. The Hall–Kier alpha value is -1.16. The maximum Gasteiger partial charge on any atom is 0.311 e. The van der Waals surface area contributed by atoms with Crippen molar-refractivity contribution in [2.24, 2.45) is 50.2 Å². The van der Waals surface area contributed by atoms with E-state index >= 15 is 0 Å². The molecule has 5 aliphatic rings. The molecule has 4 heteroatoms. The summed E-state index contributed by atoms with van der Waals surface area (Å²) in [5.74, 6) is 0.882. The summed E-state index contributed by atoms with van der Waals surface area (Å²) in [5.41, 5.74) is 0.897. The van der Waals surface area contributed by atoms with E-state index in [1.54, 1.807) is 5.57 Å². The van der Waals surface area contributed by atoms with E-state index in [9.17, 15) is 14.7 Å². The Bertz CT molecular complexity index is 952. The first kappa shape index (κ1) is 25.5. The molecule has 0 aromatic rings. The smallest absolute Gasteiger partial charge is 0.311 e. The Labute approximate surface area is 212 Å². The van der Waals surface area contributed by atoms with Crippen LogP contribution in [0.5, 0.6) is 0 Å². The molecule has 0 aromatic heterocycles. The third-order valence-electron chi connectivity index (χ3n) is 13.3. The minimum atomic E-state index is -0.416. The van der Waals surface area contributed by atoms with Crippen molar-refractivity contribution in [1.82, 2.24) is 0 Å². The van der Waals surface area contributed by atoms with Crippen LogP contribution in [0.25, 0.3) is 0 Å². The topological polar surface area (TPSA) is 63.6 Å². The highest BCUT2D eigenvalue weighted by Crippen LogP contribution is 2.75. The van der Waals surface area contributed by atoms with Gasteiger partial charge in [0.15, 0.2) is 0 Å². The average molecular weight is 485 g/mol. The Kier molecular flexibility index (Phi) is 5.59. The normalized spacial score (nSPS) is 52.6. The predicted octanol–water partition coefficient (Wildman–Crippen LogP) is 6.50. The molecule has 4 fully saturated rings. The number of fused-ring (bicyclic) bond motifs is 7. The summed E-state index contributed by atoms with van der Waals surface area (Å²) >= 11 is 0. The minimum Gasteiger partial charge on any atom is -0.469 e. The number of esters is 1. The van der Waals surface area contributed by atoms with Crippen LogP contribution in [-0.2, 0) is 14.3 Å². The maximum atomic E-state index is 13.1. The molecule has 4 saturated carbocycles. The van der Waals surface area contributed by atoms with Gasteiger partial charge in [0.1, 0.15) is 6.29 Å². The summed E-state index contributed by atoms with van der Waals surface area (Å²) in [6.45, 7) is 13.9. The van der Waals surface area contributed by atoms with Gasteiger partial charge in [-0.25, -0.2) is 0 Å². The number of hydrogen-bond acceptors (Lipinski definition) is 4. The summed E-state index contributed by atoms with van der Waals surface area (Å²) in [7, 11) is 1.53. The van der Waals surface area contributed by atoms with Crippen LogP contribution in [0, 0.1) is 50.2 Å². The zero-order chi connectivity index (χ0) is 25.7. The first-order valence-electron chi connectivity index (χ1n) is 14.2. The van der Waals surface area contributed by atoms with Crippen molar-refractivity contribution in [1.29, 1.82) is 0 Å². The van der Waals surface area contributed by atoms with Crippen molar-refractivity contribution in [2.75, 3.05) is 7.11 Å². The summed E-state index contributed by atoms with van der Waals surface area (Å²) in [6, 6.07) is 0. The quantitative estimate of drug-likeness (QED) is 0.276. The second-order valence-corrected chi connectivity index (χ2v) is 14.9. The molecule has 4 nitrogen and oxygen atoms in total. The van der Waals surface area contributed by atoms with Gasteiger partial charge in [-0.15, -0.1) is 0 Å². The molecule has 0 aliphatic heterocycles. The molecule has 35 heavy (non-hydrogen) atoms. The number of carbonyl (C=O) groups excluding carboxylic acids is 2. The van der Waals surface area contributed by atoms with Gasteiger partial charge in [0, 0.05) is 5.41 Å². The van der Waals surface area contributed by atoms with Gasteiger partial charge < -0.3 is 14.6 Å². The van der Waals surface area contributed by atoms with Crippen LogP contribution in [0.15, 0.2) is 11.6 Å². The third-order valence-corrected chi connectivity index (χ3v) is 13.3. The summed E-state index contributed by atoms with van der Waals surface area (Å²) in [5, 5.41) is 10.9. The predicted molar refractivity (Wildman–Crippen MR) is 137 cm³/mol. The third kappa shape index (κ3) is 3.07. The SMILES string of the molecule is COC(=O)C1(C)CCC2(C)CCC3(C)C(=CCC4C5(C=O)CCC(O)C(C)(C)C5CCC43C)C2C1. The first-order chi connectivity index (χ1) is 16.2. The summed E-state index contributed by atoms with van der Waals surface area (Å²) in [6.07, 6.45) is 13.3. The lowest BCUT2D eigenvalue weighted by atomic mass is 9.33. The lowest BCUT2D eigenvalue weighted by Crippen LogP contribution is -2.65. The van der Waals surface area contributed by atoms with Crippen molar-refractivity contribution in [2.45, 2.75) is 112 Å². The zero-order valence-corrected chi connectivity index (χ0v) is 23.2. The molecule has 0 aromatic carbocycles. The van der Waals surface area contributed by atoms with Crippen LogP contribution in [-0.4, -0.2) is 30.6 Å². The van der Waals surface area contributed by atoms with Gasteiger partial charge in [-0.1, -0.05) is 46.3 Å². The van der Waals surface area contributed by atoms with Crippen LogP contribution in [0.1, 0.15) is 106 Å². The molecule has 1 N–H and O–H groups in total. The first-order valence-corrected chi connectivity index (χ1v) is 14.2. The number of carbonyl (C=O) groups is 2. The van der Waals surface area contributed by atoms with Gasteiger partial charge >= 0.3 is 5.97 Å². The minimum absolute atomic E-state index is 0.0374. The average Bonchev–Trinajstić information content (AvgIpc) is 2.82. The lowest BCUT2D eigenvalue weighted by Gasteiger charge is -2.70. The standard InChI is InChI=1S/C31H48O4/c1-26(2)22-10-12-30(6)23(31(22,19-32)13-11-24(26)33)9-8-20-21-18-28(4,25(34)35-7)15-14-27(21,3)16-17-29(20,30)5/h8,19,21-24,33H,9-18H2,1-7H3. The number of aldehydes is 1. The molecular weight excluding hydrogens is 436 g/mol. The Morgan fingerprint density at radius 3 is 2.31 bits per heavy atom. The highest BCUT2D eigenvalue weighted by Gasteiger charge is 2.69. The molecule has 5 aliphatic carbocycles. The van der Waals surface area contributed by atoms with Crippen LogP contribution < -0.4 is 0 Å². The fourth-order valence-electron chi connectivity index (χ4n) is 10.5. The van der Waals surface area contributed by atoms with E-state index in [1.165, 1.54) is 26.2 Å². The van der Waals surface area contributed by atoms with Gasteiger partial charge in [-0.2, -0.15) is 0 Å². The van der Waals surface area contributed by atoms with Crippen molar-refractivity contribution in [3.63, 3.8) is 0 Å². The van der Waals surface area contributed by atoms with E-state index in [2.05, 4.69) is 47.6 Å². The number of ether oxygens (including phenoxy) is 1. The number of allylic oxidation sites excluding steroid dienone is 2. The molecular formula is C31H48O4. The van der Waals surface area contributed by atoms with E-state index in [0.717, 1.165) is 51.4 Å². The van der Waals surface area contributed by atoms with Gasteiger partial charge in [-0.05, 0) is 111 Å². The lowest BCUT2D eigenvalue weighted by molar-refractivity contribution is -0.203. The second kappa shape index (κ2) is 7.68. The van der Waals surface area contributed by atoms with E-state index < -0.39 is 5.41 Å². The van der Waals surface area contributed by atoms with Crippen molar-refractivity contribution < 1.29 is 19.4 Å². The molecule has 0 heterocycles. The highest BCUT2D eigenvalue weighted by molar-refractivity contribution is 5.76. The fraction of sp³-hybridized carbons (Fsp3) is 0.871. The van der Waals surface area contributed by atoms with Gasteiger partial charge in [0.2, 0.25) is 0 Å². The molecule has 0 radical (unpaired) electrons. The van der Waals surface area contributed by atoms with E-state index in [0.29, 0.717) is 11.8 Å². The number of hydrogen-bond donors (Lipinski definition) is 1. The fourth-order valence-corrected chi connectivity index (χ4v) is 10.5. The number of aliphatic hydroxyl groups is 1. The van der Waals surface area contributed by atoms with Crippen LogP contribution >= 0.6 is 0 Å². The van der Waals surface area contributed by atoms with Gasteiger partial charge in [-0.3, -0.25) is 4.79 Å². The molecule has 5 rings (SSSR count). The second-order valence-electron chi connectivity index (χ2n) is 14.9. The number of aliphatic hydroxyl groups excluding tert-OH is 1. The van der Waals surface area contributed by atoms with E-state index in [1.807, 2.05) is 0 Å². The van der Waals surface area contributed by atoms with Crippen LogP contribution in [0.4, 0.5) is 0 Å². The molecule has 0 saturated heterocycles. The maximum absolute atomic E-state index is 13.1. The van der Waals surface area contributed by atoms with Crippen LogP contribution in [0.3, 0.4) is 0 Å². The molecule has 0 spiro atoms. The van der Waals surface area contributed by atoms with E-state index in [4.69, 9.17) is 4.74 Å². The summed E-state index contributed by atoms with van der Waals surface area (Å²) in [4.78, 5) is 25.9. The molecule has 9 atom stereocenters. The van der Waals surface area contributed by atoms with Crippen molar-refractivity contribution >= 4 is 12.3 Å². The zero-order valence-electron chi connectivity index (χ0n) is 23.2. The monoisotopic (exact) mass is 484 g/mol. The highest BCUT2D eigenvalue weighted by atomic mass is 16.5. The van der Waals surface area contributed by atoms with Crippen molar-refractivity contribution in [3.05, 3.63) is 11.6 Å². The van der Waals surface area contributed by atoms with Gasteiger partial charge in [0.05, 0.1) is 18.6 Å². The molecule has 0 amide bonds. The Balaban J connectivity index is 1.58. The Morgan fingerprint density at radius 1 is 0.971 bits per heavy atom. The van der Waals surface area contributed by atoms with Crippen molar-refractivity contribution in [3.8, 4) is 0 Å². The van der Waals surface area contributed by atoms with E-state index in [-0.39, 0.29) is 45.1 Å². The summed E-state index contributed by atoms with van der Waals surface area (Å²) < 4.78 is 5.27. The number of rotatable bonds is 2. The Morgan fingerprint density at radius 2 is 1.66 bits per heavy atom. The molecule has 0 bridgehead atoms.